The molecular formula is C17H18BrN3O3S. The van der Waals surface area contributed by atoms with Crippen molar-refractivity contribution in [2.24, 2.45) is 5.92 Å². The number of carbonyl (C=O) groups is 2. The number of aromatic hydroxyl groups is 1. The lowest BCUT2D eigenvalue weighted by molar-refractivity contribution is -0.121. The fourth-order valence-corrected chi connectivity index (χ4v) is 4.01. The lowest BCUT2D eigenvalue weighted by Crippen LogP contribution is -2.41. The van der Waals surface area contributed by atoms with Gasteiger partial charge in [-0.05, 0) is 53.4 Å². The average Bonchev–Trinajstić information content (AvgIpc) is 3.10. The molecule has 2 N–H and O–H groups in total. The minimum absolute atomic E-state index is 0.0424. The van der Waals surface area contributed by atoms with E-state index in [0.29, 0.717) is 35.5 Å². The molecule has 8 heteroatoms. The number of rotatable bonds is 3. The number of hydrogen-bond acceptors (Lipinski definition) is 5. The first-order valence-corrected chi connectivity index (χ1v) is 9.61. The van der Waals surface area contributed by atoms with Gasteiger partial charge in [-0.15, -0.1) is 11.3 Å². The molecule has 0 bridgehead atoms. The Labute approximate surface area is 158 Å². The lowest BCUT2D eigenvalue weighted by Gasteiger charge is -2.31. The number of phenols is 1. The largest absolute Gasteiger partial charge is 0.506 e. The molecule has 1 aliphatic heterocycles. The van der Waals surface area contributed by atoms with Crippen molar-refractivity contribution in [1.29, 1.82) is 0 Å². The zero-order valence-corrected chi connectivity index (χ0v) is 16.1. The van der Waals surface area contributed by atoms with Crippen LogP contribution in [-0.4, -0.2) is 39.9 Å². The maximum atomic E-state index is 12.7. The monoisotopic (exact) mass is 423 g/mol. The Kier molecular flexibility index (Phi) is 5.39. The Hall–Kier alpha value is -1.93. The van der Waals surface area contributed by atoms with E-state index in [4.69, 9.17) is 0 Å². The van der Waals surface area contributed by atoms with Crippen molar-refractivity contribution in [2.75, 3.05) is 18.4 Å². The van der Waals surface area contributed by atoms with Crippen LogP contribution in [0.4, 0.5) is 5.13 Å². The Bertz CT molecular complexity index is 787. The average molecular weight is 424 g/mol. The highest BCUT2D eigenvalue weighted by Crippen LogP contribution is 2.31. The van der Waals surface area contributed by atoms with Gasteiger partial charge in [0.25, 0.3) is 5.91 Å². The fourth-order valence-electron chi connectivity index (χ4n) is 2.91. The molecule has 1 aliphatic rings. The number of halogens is 1. The van der Waals surface area contributed by atoms with Gasteiger partial charge >= 0.3 is 0 Å². The molecule has 1 fully saturated rings. The van der Waals surface area contributed by atoms with E-state index in [9.17, 15) is 14.7 Å². The molecule has 1 aromatic heterocycles. The van der Waals surface area contributed by atoms with Gasteiger partial charge in [-0.2, -0.15) is 0 Å². The van der Waals surface area contributed by atoms with Gasteiger partial charge in [-0.25, -0.2) is 4.98 Å². The Morgan fingerprint density at radius 2 is 2.08 bits per heavy atom. The maximum absolute atomic E-state index is 12.7. The molecule has 3 rings (SSSR count). The second kappa shape index (κ2) is 7.53. The molecule has 0 unspecified atom stereocenters. The summed E-state index contributed by atoms with van der Waals surface area (Å²) in [6.45, 7) is 2.84. The van der Waals surface area contributed by atoms with Crippen molar-refractivity contribution in [3.63, 3.8) is 0 Å². The number of hydrogen-bond donors (Lipinski definition) is 2. The highest BCUT2D eigenvalue weighted by molar-refractivity contribution is 9.10. The first-order chi connectivity index (χ1) is 12.0. The van der Waals surface area contributed by atoms with Crippen molar-refractivity contribution in [1.82, 2.24) is 9.88 Å². The molecule has 1 aromatic carbocycles. The van der Waals surface area contributed by atoms with Crippen LogP contribution in [0.25, 0.3) is 0 Å². The summed E-state index contributed by atoms with van der Waals surface area (Å²) in [6, 6.07) is 3.45. The molecule has 6 nitrogen and oxygen atoms in total. The zero-order chi connectivity index (χ0) is 18.0. The zero-order valence-electron chi connectivity index (χ0n) is 13.7. The number of piperidine rings is 1. The third kappa shape index (κ3) is 4.01. The fraction of sp³-hybridized carbons (Fsp3) is 0.353. The number of carbonyl (C=O) groups excluding carboxylic acids is 2. The van der Waals surface area contributed by atoms with Gasteiger partial charge in [0.15, 0.2) is 5.13 Å². The van der Waals surface area contributed by atoms with E-state index in [1.807, 2.05) is 12.3 Å². The van der Waals surface area contributed by atoms with E-state index in [1.165, 1.54) is 11.3 Å². The molecule has 2 amide bonds. The molecule has 25 heavy (non-hydrogen) atoms. The molecular weight excluding hydrogens is 406 g/mol. The minimum Gasteiger partial charge on any atom is -0.506 e. The van der Waals surface area contributed by atoms with Gasteiger partial charge in [0.1, 0.15) is 5.75 Å². The second-order valence-corrected chi connectivity index (χ2v) is 7.78. The number of aromatic nitrogens is 1. The van der Waals surface area contributed by atoms with Crippen LogP contribution in [0.2, 0.25) is 0 Å². The molecule has 2 aromatic rings. The van der Waals surface area contributed by atoms with Crippen LogP contribution >= 0.6 is 27.3 Å². The third-order valence-electron chi connectivity index (χ3n) is 4.25. The molecule has 2 heterocycles. The summed E-state index contributed by atoms with van der Waals surface area (Å²) in [7, 11) is 0. The predicted octanol–water partition coefficient (Wildman–Crippen LogP) is 3.41. The number of nitrogens with zero attached hydrogens (tertiary/aromatic N) is 2. The number of phenolic OH excluding ortho intramolecular Hbond substituents is 1. The number of benzene rings is 1. The van der Waals surface area contributed by atoms with E-state index >= 15 is 0 Å². The summed E-state index contributed by atoms with van der Waals surface area (Å²) in [5, 5.41) is 15.4. The molecule has 0 atom stereocenters. The molecule has 0 radical (unpaired) electrons. The van der Waals surface area contributed by atoms with Gasteiger partial charge in [0.05, 0.1) is 10.0 Å². The van der Waals surface area contributed by atoms with Crippen LogP contribution < -0.4 is 5.32 Å². The van der Waals surface area contributed by atoms with E-state index in [0.717, 1.165) is 5.56 Å². The van der Waals surface area contributed by atoms with E-state index in [1.54, 1.807) is 23.2 Å². The third-order valence-corrected chi connectivity index (χ3v) is 5.55. The summed E-state index contributed by atoms with van der Waals surface area (Å²) >= 11 is 4.65. The molecule has 0 spiro atoms. The molecule has 0 aliphatic carbocycles. The van der Waals surface area contributed by atoms with E-state index < -0.39 is 0 Å². The summed E-state index contributed by atoms with van der Waals surface area (Å²) in [5.41, 5.74) is 1.18. The summed E-state index contributed by atoms with van der Waals surface area (Å²) in [5.74, 6) is -0.436. The number of thiazole rings is 1. The van der Waals surface area contributed by atoms with Crippen LogP contribution in [0.1, 0.15) is 28.8 Å². The lowest BCUT2D eigenvalue weighted by atomic mass is 9.95. The van der Waals surface area contributed by atoms with Crippen LogP contribution in [0.5, 0.6) is 5.75 Å². The predicted molar refractivity (Wildman–Crippen MR) is 99.9 cm³/mol. The van der Waals surface area contributed by atoms with Crippen molar-refractivity contribution in [3.05, 3.63) is 39.3 Å². The minimum atomic E-state index is -0.208. The van der Waals surface area contributed by atoms with Crippen LogP contribution in [0.15, 0.2) is 28.2 Å². The first kappa shape index (κ1) is 17.9. The summed E-state index contributed by atoms with van der Waals surface area (Å²) in [6.07, 6.45) is 2.83. The molecule has 1 saturated heterocycles. The topological polar surface area (TPSA) is 82.5 Å². The van der Waals surface area contributed by atoms with Crippen LogP contribution in [-0.2, 0) is 4.79 Å². The van der Waals surface area contributed by atoms with Crippen molar-refractivity contribution >= 4 is 44.2 Å². The van der Waals surface area contributed by atoms with Crippen LogP contribution in [0.3, 0.4) is 0 Å². The Morgan fingerprint density at radius 1 is 1.36 bits per heavy atom. The number of likely N-dealkylation sites (tertiary alicyclic amines) is 1. The number of anilines is 1. The SMILES string of the molecule is Cc1cc(Br)c(O)c(C(=O)N2CCC(C(=O)Nc3nccs3)CC2)c1. The van der Waals surface area contributed by atoms with Gasteiger partial charge in [-0.3, -0.25) is 9.59 Å². The second-order valence-electron chi connectivity index (χ2n) is 6.04. The van der Waals surface area contributed by atoms with Crippen molar-refractivity contribution in [3.8, 4) is 5.75 Å². The van der Waals surface area contributed by atoms with Crippen molar-refractivity contribution < 1.29 is 14.7 Å². The molecule has 132 valence electrons. The van der Waals surface area contributed by atoms with Crippen molar-refractivity contribution in [2.45, 2.75) is 19.8 Å². The Morgan fingerprint density at radius 3 is 2.72 bits per heavy atom. The first-order valence-electron chi connectivity index (χ1n) is 7.94. The number of nitrogens with one attached hydrogen (secondary N) is 1. The van der Waals surface area contributed by atoms with Gasteiger partial charge in [0.2, 0.25) is 5.91 Å². The van der Waals surface area contributed by atoms with Gasteiger partial charge in [0, 0.05) is 30.6 Å². The summed E-state index contributed by atoms with van der Waals surface area (Å²) in [4.78, 5) is 30.7. The Balaban J connectivity index is 1.62. The number of amides is 2. The maximum Gasteiger partial charge on any atom is 0.257 e. The number of aryl methyl sites for hydroxylation is 1. The van der Waals surface area contributed by atoms with Crippen LogP contribution in [0, 0.1) is 12.8 Å². The summed E-state index contributed by atoms with van der Waals surface area (Å²) < 4.78 is 0.508. The quantitative estimate of drug-likeness (QED) is 0.791. The van der Waals surface area contributed by atoms with Gasteiger partial charge in [-0.1, -0.05) is 0 Å². The normalized spacial score (nSPS) is 15.2. The van der Waals surface area contributed by atoms with E-state index in [2.05, 4.69) is 26.2 Å². The smallest absolute Gasteiger partial charge is 0.257 e. The molecule has 0 saturated carbocycles. The van der Waals surface area contributed by atoms with E-state index in [-0.39, 0.29) is 29.0 Å². The van der Waals surface area contributed by atoms with Gasteiger partial charge < -0.3 is 15.3 Å². The highest BCUT2D eigenvalue weighted by atomic mass is 79.9. The highest BCUT2D eigenvalue weighted by Gasteiger charge is 2.29. The standard InChI is InChI=1S/C17H18BrN3O3S/c1-10-8-12(14(22)13(18)9-10)16(24)21-5-2-11(3-6-21)15(23)20-17-19-4-7-25-17/h4,7-9,11,22H,2-3,5-6H2,1H3,(H,19,20,23).